The first-order valence-corrected chi connectivity index (χ1v) is 6.25. The van der Waals surface area contributed by atoms with E-state index in [1.807, 2.05) is 0 Å². The van der Waals surface area contributed by atoms with Crippen LogP contribution in [0.2, 0.25) is 0 Å². The number of fused-ring (bicyclic) bond motifs is 1. The maximum absolute atomic E-state index is 10.5. The molecule has 1 aromatic carbocycles. The zero-order valence-corrected chi connectivity index (χ0v) is 10.2. The molecule has 17 heavy (non-hydrogen) atoms. The molecule has 1 heterocycles. The van der Waals surface area contributed by atoms with Gasteiger partial charge in [0.05, 0.1) is 0 Å². The van der Waals surface area contributed by atoms with Crippen LogP contribution in [0.25, 0.3) is 0 Å². The molecule has 0 saturated carbocycles. The highest BCUT2D eigenvalue weighted by Gasteiger charge is 2.22. The van der Waals surface area contributed by atoms with E-state index in [0.29, 0.717) is 12.5 Å². The van der Waals surface area contributed by atoms with Crippen LogP contribution in [0.3, 0.4) is 0 Å². The van der Waals surface area contributed by atoms with Crippen LogP contribution in [0.5, 0.6) is 0 Å². The third-order valence-corrected chi connectivity index (χ3v) is 3.45. The molecule has 3 heteroatoms. The number of rotatable bonds is 4. The van der Waals surface area contributed by atoms with E-state index in [9.17, 15) is 4.79 Å². The van der Waals surface area contributed by atoms with Gasteiger partial charge >= 0.3 is 5.97 Å². The summed E-state index contributed by atoms with van der Waals surface area (Å²) >= 11 is 0. The summed E-state index contributed by atoms with van der Waals surface area (Å²) in [6.45, 7) is 3.06. The van der Waals surface area contributed by atoms with Crippen molar-refractivity contribution in [3.05, 3.63) is 29.8 Å². The predicted octanol–water partition coefficient (Wildman–Crippen LogP) is 2.69. The molecular formula is C14H19NO2. The third kappa shape index (κ3) is 2.78. The van der Waals surface area contributed by atoms with Crippen molar-refractivity contribution in [3.8, 4) is 0 Å². The van der Waals surface area contributed by atoms with Gasteiger partial charge in [-0.15, -0.1) is 0 Å². The van der Waals surface area contributed by atoms with Crippen molar-refractivity contribution in [2.75, 3.05) is 11.4 Å². The summed E-state index contributed by atoms with van der Waals surface area (Å²) in [4.78, 5) is 12.9. The molecule has 0 saturated heterocycles. The number of para-hydroxylation sites is 1. The second-order valence-electron chi connectivity index (χ2n) is 4.71. The molecule has 3 nitrogen and oxygen atoms in total. The lowest BCUT2D eigenvalue weighted by molar-refractivity contribution is -0.137. The average Bonchev–Trinajstić information content (AvgIpc) is 2.32. The fourth-order valence-electron chi connectivity index (χ4n) is 2.50. The van der Waals surface area contributed by atoms with E-state index in [-0.39, 0.29) is 6.42 Å². The fraction of sp³-hybridized carbons (Fsp3) is 0.500. The quantitative estimate of drug-likeness (QED) is 0.869. The molecule has 0 radical (unpaired) electrons. The molecule has 1 N–H and O–H groups in total. The number of nitrogens with zero attached hydrogens (tertiary/aromatic N) is 1. The first kappa shape index (κ1) is 12.0. The Morgan fingerprint density at radius 1 is 1.47 bits per heavy atom. The van der Waals surface area contributed by atoms with E-state index in [0.717, 1.165) is 19.4 Å². The lowest BCUT2D eigenvalue weighted by Crippen LogP contribution is -2.38. The topological polar surface area (TPSA) is 40.5 Å². The van der Waals surface area contributed by atoms with E-state index in [1.54, 1.807) is 0 Å². The summed E-state index contributed by atoms with van der Waals surface area (Å²) in [5.41, 5.74) is 2.68. The highest BCUT2D eigenvalue weighted by Crippen LogP contribution is 2.30. The molecule has 0 amide bonds. The maximum atomic E-state index is 10.5. The molecule has 92 valence electrons. The van der Waals surface area contributed by atoms with E-state index in [4.69, 9.17) is 5.11 Å². The summed E-state index contributed by atoms with van der Waals surface area (Å²) < 4.78 is 0. The van der Waals surface area contributed by atoms with Crippen LogP contribution in [0, 0.1) is 0 Å². The van der Waals surface area contributed by atoms with Gasteiger partial charge in [0, 0.05) is 24.7 Å². The summed E-state index contributed by atoms with van der Waals surface area (Å²) in [5.74, 6) is -0.706. The highest BCUT2D eigenvalue weighted by molar-refractivity contribution is 5.66. The van der Waals surface area contributed by atoms with E-state index in [1.165, 1.54) is 11.3 Å². The van der Waals surface area contributed by atoms with Gasteiger partial charge in [0.2, 0.25) is 0 Å². The number of carboxylic acids is 1. The van der Waals surface area contributed by atoms with Gasteiger partial charge in [0.1, 0.15) is 0 Å². The molecule has 1 aromatic rings. The Morgan fingerprint density at radius 3 is 3.00 bits per heavy atom. The lowest BCUT2D eigenvalue weighted by atomic mass is 9.96. The molecule has 0 aliphatic carbocycles. The zero-order chi connectivity index (χ0) is 12.3. The summed E-state index contributed by atoms with van der Waals surface area (Å²) in [7, 11) is 0. The van der Waals surface area contributed by atoms with Crippen molar-refractivity contribution in [2.45, 2.75) is 38.6 Å². The van der Waals surface area contributed by atoms with Crippen LogP contribution < -0.4 is 4.90 Å². The smallest absolute Gasteiger partial charge is 0.303 e. The minimum Gasteiger partial charge on any atom is -0.481 e. The number of carbonyl (C=O) groups is 1. The number of hydrogen-bond acceptors (Lipinski definition) is 2. The van der Waals surface area contributed by atoms with Gasteiger partial charge < -0.3 is 10.0 Å². The standard InChI is InChI=1S/C14H19NO2/c1-11-8-9-12-5-2-3-6-13(12)15(11)10-4-7-14(16)17/h2-3,5-6,11H,4,7-10H2,1H3,(H,16,17). The predicted molar refractivity (Wildman–Crippen MR) is 68.4 cm³/mol. The molecule has 1 aliphatic rings. The Balaban J connectivity index is 2.07. The summed E-state index contributed by atoms with van der Waals surface area (Å²) in [6, 6.07) is 8.96. The van der Waals surface area contributed by atoms with Crippen LogP contribution in [0.4, 0.5) is 5.69 Å². The maximum Gasteiger partial charge on any atom is 0.303 e. The van der Waals surface area contributed by atoms with Gasteiger partial charge in [-0.1, -0.05) is 18.2 Å². The number of anilines is 1. The van der Waals surface area contributed by atoms with E-state index >= 15 is 0 Å². The van der Waals surface area contributed by atoms with Gasteiger partial charge in [0.15, 0.2) is 0 Å². The third-order valence-electron chi connectivity index (χ3n) is 3.45. The second-order valence-corrected chi connectivity index (χ2v) is 4.71. The Kier molecular flexibility index (Phi) is 3.67. The normalized spacial score (nSPS) is 18.9. The van der Waals surface area contributed by atoms with Gasteiger partial charge in [-0.2, -0.15) is 0 Å². The average molecular weight is 233 g/mol. The Morgan fingerprint density at radius 2 is 2.24 bits per heavy atom. The largest absolute Gasteiger partial charge is 0.481 e. The Labute approximate surface area is 102 Å². The lowest BCUT2D eigenvalue weighted by Gasteiger charge is -2.37. The number of aliphatic carboxylic acids is 1. The zero-order valence-electron chi connectivity index (χ0n) is 10.2. The first-order chi connectivity index (χ1) is 8.18. The second kappa shape index (κ2) is 5.21. The van der Waals surface area contributed by atoms with Crippen molar-refractivity contribution in [2.24, 2.45) is 0 Å². The molecule has 1 aliphatic heterocycles. The molecule has 2 rings (SSSR count). The summed E-state index contributed by atoms with van der Waals surface area (Å²) in [6.07, 6.45) is 3.26. The first-order valence-electron chi connectivity index (χ1n) is 6.25. The Hall–Kier alpha value is -1.51. The fourth-order valence-corrected chi connectivity index (χ4v) is 2.50. The number of hydrogen-bond donors (Lipinski definition) is 1. The summed E-state index contributed by atoms with van der Waals surface area (Å²) in [5, 5.41) is 8.69. The van der Waals surface area contributed by atoms with Crippen molar-refractivity contribution >= 4 is 11.7 Å². The molecular weight excluding hydrogens is 214 g/mol. The molecule has 1 unspecified atom stereocenters. The van der Waals surface area contributed by atoms with Crippen LogP contribution in [0.1, 0.15) is 31.7 Å². The van der Waals surface area contributed by atoms with Crippen LogP contribution in [0.15, 0.2) is 24.3 Å². The van der Waals surface area contributed by atoms with Crippen LogP contribution >= 0.6 is 0 Å². The Bertz CT molecular complexity index is 403. The van der Waals surface area contributed by atoms with Crippen molar-refractivity contribution in [3.63, 3.8) is 0 Å². The van der Waals surface area contributed by atoms with Gasteiger partial charge in [-0.25, -0.2) is 0 Å². The molecule has 0 spiro atoms. The van der Waals surface area contributed by atoms with Gasteiger partial charge in [0.25, 0.3) is 0 Å². The van der Waals surface area contributed by atoms with Crippen molar-refractivity contribution in [1.82, 2.24) is 0 Å². The minimum absolute atomic E-state index is 0.255. The van der Waals surface area contributed by atoms with Crippen molar-refractivity contribution in [1.29, 1.82) is 0 Å². The van der Waals surface area contributed by atoms with Crippen LogP contribution in [-0.2, 0) is 11.2 Å². The highest BCUT2D eigenvalue weighted by atomic mass is 16.4. The number of carboxylic acid groups (broad SMARTS) is 1. The minimum atomic E-state index is -0.706. The molecule has 1 atom stereocenters. The SMILES string of the molecule is CC1CCc2ccccc2N1CCCC(=O)O. The molecule has 0 fully saturated rings. The van der Waals surface area contributed by atoms with Crippen LogP contribution in [-0.4, -0.2) is 23.7 Å². The number of benzene rings is 1. The van der Waals surface area contributed by atoms with E-state index < -0.39 is 5.97 Å². The van der Waals surface area contributed by atoms with E-state index in [2.05, 4.69) is 36.1 Å². The number of aryl methyl sites for hydroxylation is 1. The monoisotopic (exact) mass is 233 g/mol. The van der Waals surface area contributed by atoms with Crippen molar-refractivity contribution < 1.29 is 9.90 Å². The molecule has 0 bridgehead atoms. The van der Waals surface area contributed by atoms with Gasteiger partial charge in [-0.3, -0.25) is 4.79 Å². The molecule has 0 aromatic heterocycles. The van der Waals surface area contributed by atoms with Gasteiger partial charge in [-0.05, 0) is 37.8 Å².